The average Bonchev–Trinajstić information content (AvgIpc) is 1.55. The molecule has 4 heteroatoms. The monoisotopic (exact) mass is 140 g/mol. The molecule has 1 N–H and O–H groups in total. The zero-order chi connectivity index (χ0) is 7.07. The lowest BCUT2D eigenvalue weighted by Crippen LogP contribution is -2.38. The standard InChI is InChI=1S/C5H7F3O/c6-5(7,8)3-1-4(9)2-3/h3-4,9H,1-2H2/t3-,4-. The molecular weight excluding hydrogens is 133 g/mol. The van der Waals surface area contributed by atoms with E-state index in [1.807, 2.05) is 0 Å². The maximum absolute atomic E-state index is 11.6. The molecule has 54 valence electrons. The minimum atomic E-state index is -4.08. The molecule has 1 nitrogen and oxygen atoms in total. The second-order valence-electron chi connectivity index (χ2n) is 2.36. The van der Waals surface area contributed by atoms with Crippen molar-refractivity contribution in [2.75, 3.05) is 0 Å². The normalized spacial score (nSPS) is 36.0. The number of hydrogen-bond donors (Lipinski definition) is 1. The lowest BCUT2D eigenvalue weighted by atomic mass is 9.82. The van der Waals surface area contributed by atoms with Crippen molar-refractivity contribution in [2.24, 2.45) is 5.92 Å². The molecule has 0 bridgehead atoms. The van der Waals surface area contributed by atoms with Gasteiger partial charge in [0.2, 0.25) is 0 Å². The fourth-order valence-corrected chi connectivity index (χ4v) is 0.855. The van der Waals surface area contributed by atoms with Gasteiger partial charge in [-0.15, -0.1) is 0 Å². The zero-order valence-corrected chi connectivity index (χ0v) is 4.65. The van der Waals surface area contributed by atoms with E-state index in [0.29, 0.717) is 0 Å². The molecule has 0 aliphatic heterocycles. The quantitative estimate of drug-likeness (QED) is 0.538. The van der Waals surface area contributed by atoms with E-state index in [1.165, 1.54) is 0 Å². The summed E-state index contributed by atoms with van der Waals surface area (Å²) in [6.07, 6.45) is -5.01. The van der Waals surface area contributed by atoms with Crippen molar-refractivity contribution in [3.05, 3.63) is 0 Å². The molecule has 1 rings (SSSR count). The van der Waals surface area contributed by atoms with Crippen molar-refractivity contribution in [1.29, 1.82) is 0 Å². The summed E-state index contributed by atoms with van der Waals surface area (Å²) in [7, 11) is 0. The van der Waals surface area contributed by atoms with Crippen LogP contribution in [-0.4, -0.2) is 17.4 Å². The highest BCUT2D eigenvalue weighted by Crippen LogP contribution is 2.40. The largest absolute Gasteiger partial charge is 0.393 e. The van der Waals surface area contributed by atoms with E-state index in [4.69, 9.17) is 5.11 Å². The summed E-state index contributed by atoms with van der Waals surface area (Å²) in [6, 6.07) is 0. The molecule has 0 saturated heterocycles. The van der Waals surface area contributed by atoms with Gasteiger partial charge in [0.1, 0.15) is 0 Å². The average molecular weight is 140 g/mol. The van der Waals surface area contributed by atoms with E-state index in [9.17, 15) is 13.2 Å². The maximum atomic E-state index is 11.6. The Morgan fingerprint density at radius 2 is 1.67 bits per heavy atom. The van der Waals surface area contributed by atoms with Crippen LogP contribution < -0.4 is 0 Å². The Morgan fingerprint density at radius 1 is 1.22 bits per heavy atom. The number of halogens is 3. The SMILES string of the molecule is O[C@H]1C[C@H](C(F)(F)F)C1. The van der Waals surface area contributed by atoms with E-state index in [1.54, 1.807) is 0 Å². The third-order valence-corrected chi connectivity index (χ3v) is 1.58. The van der Waals surface area contributed by atoms with Gasteiger partial charge in [-0.3, -0.25) is 0 Å². The molecule has 9 heavy (non-hydrogen) atoms. The van der Waals surface area contributed by atoms with Gasteiger partial charge >= 0.3 is 6.18 Å². The van der Waals surface area contributed by atoms with Gasteiger partial charge in [0, 0.05) is 0 Å². The zero-order valence-electron chi connectivity index (χ0n) is 4.65. The van der Waals surface area contributed by atoms with Crippen LogP contribution >= 0.6 is 0 Å². The molecule has 0 atom stereocenters. The molecule has 1 aliphatic rings. The van der Waals surface area contributed by atoms with Crippen LogP contribution in [0.1, 0.15) is 12.8 Å². The van der Waals surface area contributed by atoms with E-state index in [-0.39, 0.29) is 12.8 Å². The first kappa shape index (κ1) is 6.86. The number of aliphatic hydroxyl groups excluding tert-OH is 1. The molecular formula is C5H7F3O. The maximum Gasteiger partial charge on any atom is 0.392 e. The van der Waals surface area contributed by atoms with Crippen LogP contribution in [0.2, 0.25) is 0 Å². The van der Waals surface area contributed by atoms with Crippen LogP contribution in [0.25, 0.3) is 0 Å². The van der Waals surface area contributed by atoms with Crippen LogP contribution in [0.3, 0.4) is 0 Å². The van der Waals surface area contributed by atoms with Crippen molar-refractivity contribution in [2.45, 2.75) is 25.1 Å². The van der Waals surface area contributed by atoms with Crippen molar-refractivity contribution >= 4 is 0 Å². The first-order valence-electron chi connectivity index (χ1n) is 2.75. The summed E-state index contributed by atoms with van der Waals surface area (Å²) in [5.41, 5.74) is 0. The third-order valence-electron chi connectivity index (χ3n) is 1.58. The fraction of sp³-hybridized carbons (Fsp3) is 1.00. The van der Waals surface area contributed by atoms with E-state index >= 15 is 0 Å². The van der Waals surface area contributed by atoms with Gasteiger partial charge in [-0.05, 0) is 12.8 Å². The fourth-order valence-electron chi connectivity index (χ4n) is 0.855. The Morgan fingerprint density at radius 3 is 1.78 bits per heavy atom. The van der Waals surface area contributed by atoms with Gasteiger partial charge in [-0.25, -0.2) is 0 Å². The molecule has 0 aromatic rings. The predicted octanol–water partition coefficient (Wildman–Crippen LogP) is 1.32. The van der Waals surface area contributed by atoms with Gasteiger partial charge in [0.05, 0.1) is 12.0 Å². The highest BCUT2D eigenvalue weighted by molar-refractivity contribution is 4.83. The summed E-state index contributed by atoms with van der Waals surface area (Å²) in [4.78, 5) is 0. The number of hydrogen-bond acceptors (Lipinski definition) is 1. The lowest BCUT2D eigenvalue weighted by molar-refractivity contribution is -0.213. The molecule has 0 aromatic carbocycles. The number of aliphatic hydroxyl groups is 1. The summed E-state index contributed by atoms with van der Waals surface area (Å²) in [5, 5.41) is 8.48. The van der Waals surface area contributed by atoms with Crippen LogP contribution in [0.5, 0.6) is 0 Å². The van der Waals surface area contributed by atoms with Gasteiger partial charge in [0.25, 0.3) is 0 Å². The summed E-state index contributed by atoms with van der Waals surface area (Å²) in [6.45, 7) is 0. The molecule has 0 unspecified atom stereocenters. The minimum Gasteiger partial charge on any atom is -0.393 e. The Labute approximate surface area is 50.5 Å². The Balaban J connectivity index is 2.32. The minimum absolute atomic E-state index is 0.108. The predicted molar refractivity (Wildman–Crippen MR) is 24.8 cm³/mol. The topological polar surface area (TPSA) is 20.2 Å². The second kappa shape index (κ2) is 1.87. The second-order valence-corrected chi connectivity index (χ2v) is 2.36. The van der Waals surface area contributed by atoms with Crippen LogP contribution in [0.4, 0.5) is 13.2 Å². The van der Waals surface area contributed by atoms with Crippen LogP contribution in [-0.2, 0) is 0 Å². The first-order chi connectivity index (χ1) is 4.00. The van der Waals surface area contributed by atoms with E-state index < -0.39 is 18.2 Å². The smallest absolute Gasteiger partial charge is 0.392 e. The molecule has 0 radical (unpaired) electrons. The molecule has 1 saturated carbocycles. The van der Waals surface area contributed by atoms with Gasteiger partial charge < -0.3 is 5.11 Å². The van der Waals surface area contributed by atoms with Crippen molar-refractivity contribution in [3.8, 4) is 0 Å². The molecule has 0 aromatic heterocycles. The van der Waals surface area contributed by atoms with Crippen LogP contribution in [0.15, 0.2) is 0 Å². The summed E-state index contributed by atoms with van der Waals surface area (Å²) >= 11 is 0. The van der Waals surface area contributed by atoms with Crippen molar-refractivity contribution in [3.63, 3.8) is 0 Å². The lowest BCUT2D eigenvalue weighted by Gasteiger charge is -2.32. The number of rotatable bonds is 0. The highest BCUT2D eigenvalue weighted by atomic mass is 19.4. The van der Waals surface area contributed by atoms with Gasteiger partial charge in [-0.1, -0.05) is 0 Å². The Bertz CT molecular complexity index is 103. The Hall–Kier alpha value is -0.250. The first-order valence-corrected chi connectivity index (χ1v) is 2.75. The van der Waals surface area contributed by atoms with Crippen molar-refractivity contribution < 1.29 is 18.3 Å². The molecule has 0 heterocycles. The third kappa shape index (κ3) is 1.36. The molecule has 1 fully saturated rings. The summed E-state index contributed by atoms with van der Waals surface area (Å²) in [5.74, 6) is -1.24. The molecule has 0 amide bonds. The Kier molecular flexibility index (Phi) is 1.42. The molecule has 0 spiro atoms. The number of alkyl halides is 3. The van der Waals surface area contributed by atoms with Crippen LogP contribution in [0, 0.1) is 5.92 Å². The van der Waals surface area contributed by atoms with Gasteiger partial charge in [-0.2, -0.15) is 13.2 Å². The van der Waals surface area contributed by atoms with Crippen molar-refractivity contribution in [1.82, 2.24) is 0 Å². The van der Waals surface area contributed by atoms with E-state index in [0.717, 1.165) is 0 Å². The highest BCUT2D eigenvalue weighted by Gasteiger charge is 2.47. The van der Waals surface area contributed by atoms with Gasteiger partial charge in [0.15, 0.2) is 0 Å². The summed E-state index contributed by atoms with van der Waals surface area (Å²) < 4.78 is 34.7. The molecule has 1 aliphatic carbocycles. The van der Waals surface area contributed by atoms with E-state index in [2.05, 4.69) is 0 Å².